The Kier molecular flexibility index (Phi) is 3.80. The lowest BCUT2D eigenvalue weighted by Crippen LogP contribution is -2.13. The van der Waals surface area contributed by atoms with Gasteiger partial charge < -0.3 is 4.74 Å². The fourth-order valence-electron chi connectivity index (χ4n) is 1.70. The number of alkyl halides is 1. The molecule has 0 radical (unpaired) electrons. The van der Waals surface area contributed by atoms with Gasteiger partial charge in [-0.25, -0.2) is 9.36 Å². The molecular weight excluding hydrogens is 373 g/mol. The van der Waals surface area contributed by atoms with Gasteiger partial charge in [0, 0.05) is 20.2 Å². The predicted molar refractivity (Wildman–Crippen MR) is 75.1 cm³/mol. The van der Waals surface area contributed by atoms with Crippen molar-refractivity contribution in [1.82, 2.24) is 4.57 Å². The molecule has 0 spiro atoms. The van der Waals surface area contributed by atoms with Crippen molar-refractivity contribution in [2.24, 2.45) is 0 Å². The van der Waals surface area contributed by atoms with Crippen LogP contribution >= 0.6 is 43.5 Å². The number of benzene rings is 1. The van der Waals surface area contributed by atoms with Gasteiger partial charge in [-0.2, -0.15) is 0 Å². The second kappa shape index (κ2) is 5.00. The summed E-state index contributed by atoms with van der Waals surface area (Å²) in [7, 11) is 1.36. The molecule has 6 heteroatoms. The second-order valence-corrected chi connectivity index (χ2v) is 5.15. The Morgan fingerprint density at radius 3 is 2.82 bits per heavy atom. The third-order valence-electron chi connectivity index (χ3n) is 2.44. The summed E-state index contributed by atoms with van der Waals surface area (Å²) < 4.78 is 7.14. The number of aromatic nitrogens is 1. The maximum atomic E-state index is 11.8. The van der Waals surface area contributed by atoms with Gasteiger partial charge >= 0.3 is 6.09 Å². The smallest absolute Gasteiger partial charge is 0.418 e. The molecule has 0 atom stereocenters. The number of fused-ring (bicyclic) bond motifs is 1. The van der Waals surface area contributed by atoms with E-state index in [9.17, 15) is 4.79 Å². The summed E-state index contributed by atoms with van der Waals surface area (Å²) >= 11 is 12.8. The van der Waals surface area contributed by atoms with Gasteiger partial charge in [-0.3, -0.25) is 0 Å². The van der Waals surface area contributed by atoms with Crippen LogP contribution < -0.4 is 0 Å². The van der Waals surface area contributed by atoms with Crippen LogP contribution in [0.15, 0.2) is 22.7 Å². The lowest BCUT2D eigenvalue weighted by molar-refractivity contribution is 0.173. The topological polar surface area (TPSA) is 31.2 Å². The second-order valence-electron chi connectivity index (χ2n) is 3.36. The van der Waals surface area contributed by atoms with Crippen LogP contribution in [0.25, 0.3) is 10.9 Å². The number of hydrogen-bond acceptors (Lipinski definition) is 2. The molecule has 0 aliphatic heterocycles. The zero-order valence-electron chi connectivity index (χ0n) is 8.84. The Bertz CT molecular complexity index is 595. The molecule has 0 unspecified atom stereocenters. The van der Waals surface area contributed by atoms with E-state index in [0.29, 0.717) is 10.4 Å². The lowest BCUT2D eigenvalue weighted by atomic mass is 10.2. The normalized spacial score (nSPS) is 10.8. The maximum absolute atomic E-state index is 11.8. The number of halogens is 3. The maximum Gasteiger partial charge on any atom is 0.418 e. The highest BCUT2D eigenvalue weighted by Crippen LogP contribution is 2.34. The quantitative estimate of drug-likeness (QED) is 0.678. The summed E-state index contributed by atoms with van der Waals surface area (Å²) in [5.74, 6) is 0. The Morgan fingerprint density at radius 2 is 2.24 bits per heavy atom. The standard InChI is InChI=1S/C11H8Br2ClNO2/c1-17-11(16)15-8-3-2-6(14)4-7(8)10(13)9(15)5-12/h2-4H,5H2,1H3. The van der Waals surface area contributed by atoms with Crippen LogP contribution in [-0.4, -0.2) is 17.8 Å². The largest absolute Gasteiger partial charge is 0.452 e. The van der Waals surface area contributed by atoms with Crippen molar-refractivity contribution in [1.29, 1.82) is 0 Å². The molecule has 1 aromatic heterocycles. The van der Waals surface area contributed by atoms with Gasteiger partial charge in [-0.15, -0.1) is 0 Å². The van der Waals surface area contributed by atoms with Crippen LogP contribution in [0.5, 0.6) is 0 Å². The number of nitrogens with zero attached hydrogens (tertiary/aromatic N) is 1. The fraction of sp³-hybridized carbons (Fsp3) is 0.182. The molecule has 0 amide bonds. The van der Waals surface area contributed by atoms with Crippen LogP contribution in [0.1, 0.15) is 5.69 Å². The first-order valence-corrected chi connectivity index (χ1v) is 7.02. The van der Waals surface area contributed by atoms with Crippen LogP contribution in [0.4, 0.5) is 4.79 Å². The van der Waals surface area contributed by atoms with Crippen molar-refractivity contribution in [3.8, 4) is 0 Å². The van der Waals surface area contributed by atoms with Crippen molar-refractivity contribution in [3.63, 3.8) is 0 Å². The number of ether oxygens (including phenoxy) is 1. The summed E-state index contributed by atoms with van der Waals surface area (Å²) in [6.45, 7) is 0. The highest BCUT2D eigenvalue weighted by atomic mass is 79.9. The number of hydrogen-bond donors (Lipinski definition) is 0. The van der Waals surface area contributed by atoms with Crippen molar-refractivity contribution in [3.05, 3.63) is 33.4 Å². The zero-order valence-corrected chi connectivity index (χ0v) is 12.8. The SMILES string of the molecule is COC(=O)n1c(CBr)c(Br)c2cc(Cl)ccc21. The molecule has 2 aromatic rings. The predicted octanol–water partition coefficient (Wildman–Crippen LogP) is 4.57. The molecule has 0 saturated carbocycles. The molecule has 0 saturated heterocycles. The number of rotatable bonds is 1. The minimum Gasteiger partial charge on any atom is -0.452 e. The molecule has 17 heavy (non-hydrogen) atoms. The van der Waals surface area contributed by atoms with Crippen molar-refractivity contribution in [2.75, 3.05) is 7.11 Å². The summed E-state index contributed by atoms with van der Waals surface area (Å²) in [6.07, 6.45) is -0.419. The molecule has 2 rings (SSSR count). The lowest BCUT2D eigenvalue weighted by Gasteiger charge is -2.05. The van der Waals surface area contributed by atoms with Gasteiger partial charge in [-0.05, 0) is 34.1 Å². The van der Waals surface area contributed by atoms with Crippen LogP contribution in [-0.2, 0) is 10.1 Å². The minimum atomic E-state index is -0.419. The molecule has 1 heterocycles. The Labute approximate surface area is 120 Å². The number of carbonyl (C=O) groups is 1. The van der Waals surface area contributed by atoms with Gasteiger partial charge in [0.15, 0.2) is 0 Å². The molecule has 3 nitrogen and oxygen atoms in total. The average molecular weight is 381 g/mol. The Morgan fingerprint density at radius 1 is 1.53 bits per heavy atom. The van der Waals surface area contributed by atoms with E-state index in [1.807, 2.05) is 6.07 Å². The third-order valence-corrected chi connectivity index (χ3v) is 4.09. The molecule has 90 valence electrons. The molecule has 0 aliphatic rings. The first-order valence-electron chi connectivity index (χ1n) is 4.72. The van der Waals surface area contributed by atoms with E-state index in [1.165, 1.54) is 11.7 Å². The molecular formula is C11H8Br2ClNO2. The number of methoxy groups -OCH3 is 1. The summed E-state index contributed by atoms with van der Waals surface area (Å²) in [4.78, 5) is 11.8. The first-order chi connectivity index (χ1) is 8.10. The highest BCUT2D eigenvalue weighted by Gasteiger charge is 2.19. The molecule has 0 N–H and O–H groups in total. The summed E-state index contributed by atoms with van der Waals surface area (Å²) in [5, 5.41) is 2.05. The van der Waals surface area contributed by atoms with Gasteiger partial charge in [0.2, 0.25) is 0 Å². The van der Waals surface area contributed by atoms with E-state index >= 15 is 0 Å². The van der Waals surface area contributed by atoms with Crippen LogP contribution in [0.2, 0.25) is 5.02 Å². The highest BCUT2D eigenvalue weighted by molar-refractivity contribution is 9.11. The third kappa shape index (κ3) is 2.11. The number of carbonyl (C=O) groups excluding carboxylic acids is 1. The van der Waals surface area contributed by atoms with Gasteiger partial charge in [-0.1, -0.05) is 27.5 Å². The summed E-state index contributed by atoms with van der Waals surface area (Å²) in [5.41, 5.74) is 1.57. The molecule has 1 aromatic carbocycles. The molecule has 0 aliphatic carbocycles. The Hall–Kier alpha value is -0.520. The van der Waals surface area contributed by atoms with E-state index in [4.69, 9.17) is 16.3 Å². The Balaban J connectivity index is 2.84. The molecule has 0 fully saturated rings. The zero-order chi connectivity index (χ0) is 12.6. The van der Waals surface area contributed by atoms with Crippen molar-refractivity contribution < 1.29 is 9.53 Å². The first kappa shape index (κ1) is 12.9. The van der Waals surface area contributed by atoms with Gasteiger partial charge in [0.1, 0.15) is 0 Å². The van der Waals surface area contributed by atoms with E-state index in [0.717, 1.165) is 21.1 Å². The monoisotopic (exact) mass is 379 g/mol. The van der Waals surface area contributed by atoms with Crippen LogP contribution in [0.3, 0.4) is 0 Å². The van der Waals surface area contributed by atoms with Crippen molar-refractivity contribution >= 4 is 60.5 Å². The van der Waals surface area contributed by atoms with Gasteiger partial charge in [0.05, 0.1) is 18.3 Å². The van der Waals surface area contributed by atoms with Crippen molar-refractivity contribution in [2.45, 2.75) is 5.33 Å². The van der Waals surface area contributed by atoms with Crippen LogP contribution in [0, 0.1) is 0 Å². The van der Waals surface area contributed by atoms with E-state index in [1.54, 1.807) is 12.1 Å². The van der Waals surface area contributed by atoms with E-state index < -0.39 is 6.09 Å². The van der Waals surface area contributed by atoms with E-state index in [-0.39, 0.29) is 0 Å². The van der Waals surface area contributed by atoms with Gasteiger partial charge in [0.25, 0.3) is 0 Å². The average Bonchev–Trinajstić information content (AvgIpc) is 2.61. The minimum absolute atomic E-state index is 0.419. The van der Waals surface area contributed by atoms with E-state index in [2.05, 4.69) is 31.9 Å². The molecule has 0 bridgehead atoms. The fourth-order valence-corrected chi connectivity index (χ4v) is 3.41. The summed E-state index contributed by atoms with van der Waals surface area (Å²) in [6, 6.07) is 5.35.